The summed E-state index contributed by atoms with van der Waals surface area (Å²) in [5.41, 5.74) is 1.04. The third-order valence-corrected chi connectivity index (χ3v) is 3.25. The molecule has 0 aliphatic heterocycles. The molecule has 1 heterocycles. The molecule has 0 atom stereocenters. The van der Waals surface area contributed by atoms with Gasteiger partial charge in [0, 0.05) is 18.8 Å². The number of aromatic nitrogens is 2. The van der Waals surface area contributed by atoms with Gasteiger partial charge in [-0.25, -0.2) is 9.37 Å². The summed E-state index contributed by atoms with van der Waals surface area (Å²) in [4.78, 5) is 8.44. The molecule has 6 heteroatoms. The Morgan fingerprint density at radius 3 is 2.67 bits per heavy atom. The van der Waals surface area contributed by atoms with Gasteiger partial charge in [-0.05, 0) is 42.0 Å². The molecule has 0 radical (unpaired) electrons. The highest BCUT2D eigenvalue weighted by atomic mass is 19.1. The fourth-order valence-corrected chi connectivity index (χ4v) is 2.07. The smallest absolute Gasteiger partial charge is 0.226 e. The van der Waals surface area contributed by atoms with E-state index in [0.29, 0.717) is 24.1 Å². The molecule has 2 aromatic carbocycles. The number of methoxy groups -OCH3 is 1. The van der Waals surface area contributed by atoms with Crippen molar-refractivity contribution in [3.63, 3.8) is 0 Å². The Hall–Kier alpha value is -3.15. The first-order chi connectivity index (χ1) is 11.7. The third-order valence-electron chi connectivity index (χ3n) is 3.25. The predicted molar refractivity (Wildman–Crippen MR) is 88.8 cm³/mol. The van der Waals surface area contributed by atoms with E-state index in [1.807, 2.05) is 24.3 Å². The molecular formula is C18H16FN3O2. The van der Waals surface area contributed by atoms with Crippen molar-refractivity contribution < 1.29 is 13.9 Å². The van der Waals surface area contributed by atoms with Crippen LogP contribution in [0.4, 0.5) is 10.3 Å². The molecule has 0 bridgehead atoms. The molecule has 0 amide bonds. The summed E-state index contributed by atoms with van der Waals surface area (Å²) < 4.78 is 23.7. The van der Waals surface area contributed by atoms with Crippen LogP contribution in [0.15, 0.2) is 60.8 Å². The highest BCUT2D eigenvalue weighted by molar-refractivity contribution is 5.34. The van der Waals surface area contributed by atoms with Crippen molar-refractivity contribution >= 4 is 5.95 Å². The van der Waals surface area contributed by atoms with Gasteiger partial charge in [-0.1, -0.05) is 12.1 Å². The third kappa shape index (κ3) is 4.19. The molecule has 3 rings (SSSR count). The van der Waals surface area contributed by atoms with Crippen molar-refractivity contribution in [1.82, 2.24) is 9.97 Å². The molecule has 122 valence electrons. The fraction of sp³-hybridized carbons (Fsp3) is 0.111. The number of ether oxygens (including phenoxy) is 2. The highest BCUT2D eigenvalue weighted by Crippen LogP contribution is 2.20. The minimum absolute atomic E-state index is 0.314. The summed E-state index contributed by atoms with van der Waals surface area (Å²) in [5.74, 6) is 1.81. The Morgan fingerprint density at radius 1 is 1.04 bits per heavy atom. The second-order valence-corrected chi connectivity index (χ2v) is 4.98. The zero-order chi connectivity index (χ0) is 16.8. The largest absolute Gasteiger partial charge is 0.497 e. The molecule has 0 fully saturated rings. The zero-order valence-corrected chi connectivity index (χ0v) is 13.1. The highest BCUT2D eigenvalue weighted by Gasteiger charge is 2.03. The van der Waals surface area contributed by atoms with Crippen molar-refractivity contribution in [2.45, 2.75) is 6.54 Å². The normalized spacial score (nSPS) is 10.2. The molecule has 1 aromatic heterocycles. The molecule has 0 saturated heterocycles. The number of benzene rings is 2. The van der Waals surface area contributed by atoms with Gasteiger partial charge in [0.25, 0.3) is 0 Å². The molecule has 5 nitrogen and oxygen atoms in total. The summed E-state index contributed by atoms with van der Waals surface area (Å²) in [6.07, 6.45) is 1.60. The van der Waals surface area contributed by atoms with Crippen LogP contribution in [0.2, 0.25) is 0 Å². The van der Waals surface area contributed by atoms with Gasteiger partial charge in [-0.3, -0.25) is 0 Å². The van der Waals surface area contributed by atoms with E-state index in [0.717, 1.165) is 11.3 Å². The maximum atomic E-state index is 12.9. The number of rotatable bonds is 6. The first kappa shape index (κ1) is 15.7. The van der Waals surface area contributed by atoms with Crippen LogP contribution < -0.4 is 14.8 Å². The van der Waals surface area contributed by atoms with Crippen molar-refractivity contribution in [3.8, 4) is 17.4 Å². The number of nitrogens with one attached hydrogen (secondary N) is 1. The standard InChI is InChI=1S/C18H16FN3O2/c1-23-16-4-2-3-13(11-16)12-21-18-20-10-9-17(22-18)24-15-7-5-14(19)6-8-15/h2-11H,12H2,1H3,(H,20,21,22). The van der Waals surface area contributed by atoms with E-state index in [2.05, 4.69) is 15.3 Å². The molecule has 1 N–H and O–H groups in total. The van der Waals surface area contributed by atoms with E-state index < -0.39 is 0 Å². The second-order valence-electron chi connectivity index (χ2n) is 4.98. The van der Waals surface area contributed by atoms with Crippen LogP contribution in [0.5, 0.6) is 17.4 Å². The van der Waals surface area contributed by atoms with E-state index in [4.69, 9.17) is 9.47 Å². The first-order valence-corrected chi connectivity index (χ1v) is 7.36. The van der Waals surface area contributed by atoms with Gasteiger partial charge in [0.15, 0.2) is 0 Å². The zero-order valence-electron chi connectivity index (χ0n) is 13.1. The summed E-state index contributed by atoms with van der Waals surface area (Å²) >= 11 is 0. The van der Waals surface area contributed by atoms with Crippen LogP contribution >= 0.6 is 0 Å². The molecule has 0 aliphatic carbocycles. The Balaban J connectivity index is 1.65. The van der Waals surface area contributed by atoms with Crippen LogP contribution in [-0.4, -0.2) is 17.1 Å². The molecule has 0 aliphatic rings. The summed E-state index contributed by atoms with van der Waals surface area (Å²) in [6, 6.07) is 15.1. The van der Waals surface area contributed by atoms with Crippen LogP contribution in [0.1, 0.15) is 5.56 Å². The Bertz CT molecular complexity index is 809. The van der Waals surface area contributed by atoms with Gasteiger partial charge in [0.05, 0.1) is 7.11 Å². The van der Waals surface area contributed by atoms with Crippen molar-refractivity contribution in [2.24, 2.45) is 0 Å². The lowest BCUT2D eigenvalue weighted by Gasteiger charge is -2.08. The van der Waals surface area contributed by atoms with Gasteiger partial charge in [0.1, 0.15) is 17.3 Å². The molecular weight excluding hydrogens is 309 g/mol. The lowest BCUT2D eigenvalue weighted by Crippen LogP contribution is -2.04. The number of hydrogen-bond donors (Lipinski definition) is 1. The van der Waals surface area contributed by atoms with Crippen molar-refractivity contribution in [1.29, 1.82) is 0 Å². The average molecular weight is 325 g/mol. The molecule has 3 aromatic rings. The van der Waals surface area contributed by atoms with Gasteiger partial charge >= 0.3 is 0 Å². The molecule has 0 saturated carbocycles. The van der Waals surface area contributed by atoms with E-state index in [1.54, 1.807) is 31.5 Å². The van der Waals surface area contributed by atoms with Crippen LogP contribution in [0.3, 0.4) is 0 Å². The summed E-state index contributed by atoms with van der Waals surface area (Å²) in [7, 11) is 1.63. The number of nitrogens with zero attached hydrogens (tertiary/aromatic N) is 2. The Kier molecular flexibility index (Phi) is 4.86. The average Bonchev–Trinajstić information content (AvgIpc) is 2.62. The predicted octanol–water partition coefficient (Wildman–Crippen LogP) is 4.03. The lowest BCUT2D eigenvalue weighted by atomic mass is 10.2. The van der Waals surface area contributed by atoms with E-state index in [9.17, 15) is 4.39 Å². The quantitative estimate of drug-likeness (QED) is 0.741. The van der Waals surface area contributed by atoms with Crippen LogP contribution in [-0.2, 0) is 6.54 Å². The molecule has 0 unspecified atom stereocenters. The minimum Gasteiger partial charge on any atom is -0.497 e. The number of anilines is 1. The van der Waals surface area contributed by atoms with Crippen LogP contribution in [0, 0.1) is 5.82 Å². The first-order valence-electron chi connectivity index (χ1n) is 7.36. The van der Waals surface area contributed by atoms with Crippen molar-refractivity contribution in [2.75, 3.05) is 12.4 Å². The summed E-state index contributed by atoms with van der Waals surface area (Å²) in [6.45, 7) is 0.553. The lowest BCUT2D eigenvalue weighted by molar-refractivity contribution is 0.414. The maximum absolute atomic E-state index is 12.9. The van der Waals surface area contributed by atoms with Gasteiger partial charge in [0.2, 0.25) is 11.8 Å². The van der Waals surface area contributed by atoms with Crippen LogP contribution in [0.25, 0.3) is 0 Å². The van der Waals surface area contributed by atoms with Gasteiger partial charge in [-0.15, -0.1) is 0 Å². The number of hydrogen-bond acceptors (Lipinski definition) is 5. The Labute approximate surface area is 139 Å². The topological polar surface area (TPSA) is 56.3 Å². The van der Waals surface area contributed by atoms with Gasteiger partial charge < -0.3 is 14.8 Å². The number of halogens is 1. The van der Waals surface area contributed by atoms with E-state index in [-0.39, 0.29) is 5.82 Å². The molecule has 24 heavy (non-hydrogen) atoms. The van der Waals surface area contributed by atoms with E-state index >= 15 is 0 Å². The van der Waals surface area contributed by atoms with E-state index in [1.165, 1.54) is 12.1 Å². The summed E-state index contributed by atoms with van der Waals surface area (Å²) in [5, 5.41) is 3.13. The fourth-order valence-electron chi connectivity index (χ4n) is 2.07. The minimum atomic E-state index is -0.314. The molecule has 0 spiro atoms. The SMILES string of the molecule is COc1cccc(CNc2nccc(Oc3ccc(F)cc3)n2)c1. The maximum Gasteiger partial charge on any atom is 0.226 e. The second kappa shape index (κ2) is 7.41. The van der Waals surface area contributed by atoms with Crippen molar-refractivity contribution in [3.05, 3.63) is 72.2 Å². The Morgan fingerprint density at radius 2 is 1.88 bits per heavy atom. The monoisotopic (exact) mass is 325 g/mol. The van der Waals surface area contributed by atoms with Gasteiger partial charge in [-0.2, -0.15) is 4.98 Å².